The van der Waals surface area contributed by atoms with E-state index < -0.39 is 35.6 Å². The summed E-state index contributed by atoms with van der Waals surface area (Å²) in [5.41, 5.74) is 13.4. The minimum Gasteiger partial charge on any atom is -0.445 e. The number of nitrogens with zero attached hydrogens (tertiary/aromatic N) is 1. The molecule has 0 bridgehead atoms. The number of halogens is 1. The molecule has 0 saturated carbocycles. The zero-order valence-corrected chi connectivity index (χ0v) is 26.0. The highest BCUT2D eigenvalue weighted by atomic mass is 35.5. The highest BCUT2D eigenvalue weighted by molar-refractivity contribution is 5.99. The Labute approximate surface area is 272 Å². The number of rotatable bonds is 13. The van der Waals surface area contributed by atoms with Crippen LogP contribution in [0.2, 0.25) is 0 Å². The summed E-state index contributed by atoms with van der Waals surface area (Å²) >= 11 is 0. The number of ether oxygens (including phenoxy) is 1. The Bertz CT molecular complexity index is 1710. The van der Waals surface area contributed by atoms with Crippen LogP contribution >= 0.6 is 12.4 Å². The van der Waals surface area contributed by atoms with Crippen LogP contribution in [0.25, 0.3) is 11.0 Å². The first kappa shape index (κ1) is 35.1. The molecule has 3 aromatic carbocycles. The number of nitrogens with two attached hydrogens (primary N) is 2. The molecule has 12 nitrogen and oxygen atoms in total. The summed E-state index contributed by atoms with van der Waals surface area (Å²) in [6.45, 7) is 2.05. The molecule has 1 aromatic heterocycles. The summed E-state index contributed by atoms with van der Waals surface area (Å²) < 4.78 is 10.7. The fraction of sp³-hybridized carbons (Fsp3) is 0.242. The van der Waals surface area contributed by atoms with Gasteiger partial charge in [0.15, 0.2) is 5.96 Å². The number of benzene rings is 3. The molecule has 2 atom stereocenters. The van der Waals surface area contributed by atoms with Gasteiger partial charge in [0.25, 0.3) is 0 Å². The minimum absolute atomic E-state index is 0. The van der Waals surface area contributed by atoms with Gasteiger partial charge in [-0.2, -0.15) is 0 Å². The Hall–Kier alpha value is -5.36. The van der Waals surface area contributed by atoms with Crippen molar-refractivity contribution in [2.24, 2.45) is 16.5 Å². The molecule has 242 valence electrons. The number of fused-ring (bicyclic) bond motifs is 1. The van der Waals surface area contributed by atoms with Gasteiger partial charge in [0, 0.05) is 36.2 Å². The number of guanidine groups is 1. The molecule has 0 aliphatic rings. The first-order valence-electron chi connectivity index (χ1n) is 14.4. The molecule has 0 spiro atoms. The lowest BCUT2D eigenvalue weighted by Gasteiger charge is -2.23. The van der Waals surface area contributed by atoms with Crippen molar-refractivity contribution in [1.82, 2.24) is 10.6 Å². The van der Waals surface area contributed by atoms with Crippen LogP contribution in [0.3, 0.4) is 0 Å². The summed E-state index contributed by atoms with van der Waals surface area (Å²) in [7, 11) is 0. The summed E-state index contributed by atoms with van der Waals surface area (Å²) in [6.07, 6.45) is -0.0695. The number of aliphatic imine (C=N–C) groups is 1. The lowest BCUT2D eigenvalue weighted by molar-refractivity contribution is -0.128. The number of alkyl carbamates (subject to hydrolysis) is 1. The number of amides is 3. The largest absolute Gasteiger partial charge is 0.445 e. The average Bonchev–Trinajstić information content (AvgIpc) is 3.01. The predicted octanol–water partition coefficient (Wildman–Crippen LogP) is 3.54. The van der Waals surface area contributed by atoms with Crippen LogP contribution in [0.4, 0.5) is 10.5 Å². The van der Waals surface area contributed by atoms with E-state index in [1.54, 1.807) is 25.1 Å². The second-order valence-corrected chi connectivity index (χ2v) is 10.4. The van der Waals surface area contributed by atoms with Gasteiger partial charge in [-0.3, -0.25) is 14.6 Å². The fourth-order valence-corrected chi connectivity index (χ4v) is 4.64. The third kappa shape index (κ3) is 10.7. The van der Waals surface area contributed by atoms with E-state index in [1.807, 2.05) is 60.7 Å². The maximum absolute atomic E-state index is 13.6. The molecule has 0 saturated heterocycles. The maximum atomic E-state index is 13.6. The van der Waals surface area contributed by atoms with E-state index in [2.05, 4.69) is 20.9 Å². The van der Waals surface area contributed by atoms with Crippen molar-refractivity contribution in [3.05, 3.63) is 112 Å². The van der Waals surface area contributed by atoms with Gasteiger partial charge >= 0.3 is 11.7 Å². The monoisotopic (exact) mass is 648 g/mol. The van der Waals surface area contributed by atoms with Crippen LogP contribution in [0, 0.1) is 6.92 Å². The molecule has 0 aliphatic carbocycles. The van der Waals surface area contributed by atoms with Crippen LogP contribution in [0.1, 0.15) is 29.5 Å². The molecule has 0 radical (unpaired) electrons. The van der Waals surface area contributed by atoms with Gasteiger partial charge in [-0.15, -0.1) is 12.4 Å². The van der Waals surface area contributed by atoms with Gasteiger partial charge in [0.05, 0.1) is 0 Å². The Morgan fingerprint density at radius 3 is 2.22 bits per heavy atom. The molecular formula is C33H37ClN6O6. The van der Waals surface area contributed by atoms with E-state index in [0.29, 0.717) is 17.7 Å². The maximum Gasteiger partial charge on any atom is 0.408 e. The Morgan fingerprint density at radius 1 is 0.870 bits per heavy atom. The molecule has 0 fully saturated rings. The standard InChI is InChI=1S/C33H36N6O6.ClH/c1-21-17-29(40)45-28-19-24(14-15-25(21)28)37-30(41)26(13-8-16-36-32(34)35)38-31(42)27(18-22-9-4-2-5-10-22)39-33(43)44-20-23-11-6-3-7-12-23;/h2-7,9-12,14-15,17,19,26-27H,8,13,16,18,20H2,1H3,(H,37,41)(H,38,42)(H,39,43)(H4,34,35,36);1H/t26-,27+;/m0./s1. The van der Waals surface area contributed by atoms with Crippen molar-refractivity contribution in [2.45, 2.75) is 44.9 Å². The first-order valence-corrected chi connectivity index (χ1v) is 14.4. The summed E-state index contributed by atoms with van der Waals surface area (Å²) in [5.74, 6) is -1.20. The summed E-state index contributed by atoms with van der Waals surface area (Å²) in [6, 6.07) is 22.6. The molecular weight excluding hydrogens is 612 g/mol. The number of carbonyl (C=O) groups is 3. The second-order valence-electron chi connectivity index (χ2n) is 10.4. The molecule has 3 amide bonds. The number of anilines is 1. The first-order chi connectivity index (χ1) is 21.7. The van der Waals surface area contributed by atoms with Gasteiger partial charge in [-0.1, -0.05) is 60.7 Å². The highest BCUT2D eigenvalue weighted by Crippen LogP contribution is 2.21. The molecule has 13 heteroatoms. The van der Waals surface area contributed by atoms with Gasteiger partial charge in [0.1, 0.15) is 24.3 Å². The van der Waals surface area contributed by atoms with E-state index in [0.717, 1.165) is 22.1 Å². The molecule has 7 N–H and O–H groups in total. The van der Waals surface area contributed by atoms with Crippen molar-refractivity contribution < 1.29 is 23.5 Å². The Balaban J connectivity index is 0.00000576. The lowest BCUT2D eigenvalue weighted by atomic mass is 10.0. The molecule has 4 aromatic rings. The highest BCUT2D eigenvalue weighted by Gasteiger charge is 2.27. The summed E-state index contributed by atoms with van der Waals surface area (Å²) in [5, 5.41) is 8.92. The third-order valence-electron chi connectivity index (χ3n) is 6.90. The third-order valence-corrected chi connectivity index (χ3v) is 6.90. The minimum atomic E-state index is -1.05. The van der Waals surface area contributed by atoms with Crippen molar-refractivity contribution in [3.63, 3.8) is 0 Å². The smallest absolute Gasteiger partial charge is 0.408 e. The van der Waals surface area contributed by atoms with Crippen LogP contribution in [-0.2, 0) is 27.4 Å². The number of carbonyl (C=O) groups excluding carboxylic acids is 3. The van der Waals surface area contributed by atoms with Crippen molar-refractivity contribution in [1.29, 1.82) is 0 Å². The number of hydrogen-bond donors (Lipinski definition) is 5. The fourth-order valence-electron chi connectivity index (χ4n) is 4.64. The number of nitrogens with one attached hydrogen (secondary N) is 3. The van der Waals surface area contributed by atoms with E-state index >= 15 is 0 Å². The average molecular weight is 649 g/mol. The van der Waals surface area contributed by atoms with E-state index in [-0.39, 0.29) is 44.4 Å². The lowest BCUT2D eigenvalue weighted by Crippen LogP contribution is -2.53. The van der Waals surface area contributed by atoms with Gasteiger partial charge < -0.3 is 36.6 Å². The molecule has 1 heterocycles. The van der Waals surface area contributed by atoms with Gasteiger partial charge in [-0.05, 0) is 48.6 Å². The molecule has 4 rings (SSSR count). The van der Waals surface area contributed by atoms with E-state index in [9.17, 15) is 19.2 Å². The zero-order chi connectivity index (χ0) is 32.2. The van der Waals surface area contributed by atoms with E-state index in [4.69, 9.17) is 20.6 Å². The normalized spacial score (nSPS) is 11.8. The topological polar surface area (TPSA) is 191 Å². The quantitative estimate of drug-likeness (QED) is 0.0629. The van der Waals surface area contributed by atoms with Crippen LogP contribution < -0.4 is 33.0 Å². The van der Waals surface area contributed by atoms with Crippen LogP contribution in [0.5, 0.6) is 0 Å². The number of hydrogen-bond acceptors (Lipinski definition) is 7. The SMILES string of the molecule is Cc1cc(=O)oc2cc(NC(=O)[C@H](CCCN=C(N)N)NC(=O)[C@@H](Cc3ccccc3)NC(=O)OCc3ccccc3)ccc12.Cl. The van der Waals surface area contributed by atoms with Gasteiger partial charge in [0.2, 0.25) is 11.8 Å². The predicted molar refractivity (Wildman–Crippen MR) is 179 cm³/mol. The molecule has 0 unspecified atom stereocenters. The second kappa shape index (κ2) is 17.2. The van der Waals surface area contributed by atoms with Crippen molar-refractivity contribution in [3.8, 4) is 0 Å². The zero-order valence-electron chi connectivity index (χ0n) is 25.2. The Morgan fingerprint density at radius 2 is 1.54 bits per heavy atom. The van der Waals surface area contributed by atoms with Crippen LogP contribution in [-0.4, -0.2) is 42.5 Å². The molecule has 46 heavy (non-hydrogen) atoms. The van der Waals surface area contributed by atoms with Gasteiger partial charge in [-0.25, -0.2) is 9.59 Å². The summed E-state index contributed by atoms with van der Waals surface area (Å²) in [4.78, 5) is 55.7. The Kier molecular flexibility index (Phi) is 13.1. The number of aryl methyl sites for hydroxylation is 1. The van der Waals surface area contributed by atoms with Crippen molar-refractivity contribution >= 4 is 52.9 Å². The van der Waals surface area contributed by atoms with Crippen LogP contribution in [0.15, 0.2) is 99.1 Å². The van der Waals surface area contributed by atoms with Crippen molar-refractivity contribution in [2.75, 3.05) is 11.9 Å². The van der Waals surface area contributed by atoms with E-state index in [1.165, 1.54) is 6.07 Å². The molecule has 0 aliphatic heterocycles.